The molecule has 130 valence electrons. The number of hydrogen-bond acceptors (Lipinski definition) is 3. The van der Waals surface area contributed by atoms with Gasteiger partial charge in [0, 0.05) is 40.3 Å². The topological polar surface area (TPSA) is 60.0 Å². The second-order valence-electron chi connectivity index (χ2n) is 6.08. The van der Waals surface area contributed by atoms with Crippen molar-refractivity contribution in [2.24, 2.45) is 4.99 Å². The maximum Gasteiger partial charge on any atom is 0.239 e. The van der Waals surface area contributed by atoms with Gasteiger partial charge in [-0.1, -0.05) is 0 Å². The number of aliphatic imine (C=N–C) groups is 1. The van der Waals surface area contributed by atoms with Gasteiger partial charge in [0.05, 0.1) is 6.04 Å². The van der Waals surface area contributed by atoms with Gasteiger partial charge in [-0.15, -0.1) is 24.0 Å². The highest BCUT2D eigenvalue weighted by Crippen LogP contribution is 2.18. The van der Waals surface area contributed by atoms with Crippen LogP contribution in [0.25, 0.3) is 0 Å². The molecule has 2 N–H and O–H groups in total. The van der Waals surface area contributed by atoms with E-state index in [0.717, 1.165) is 44.9 Å². The Morgan fingerprint density at radius 3 is 2.64 bits per heavy atom. The zero-order valence-electron chi connectivity index (χ0n) is 14.6. The van der Waals surface area contributed by atoms with E-state index >= 15 is 0 Å². The van der Waals surface area contributed by atoms with Crippen molar-refractivity contribution in [1.82, 2.24) is 20.4 Å². The summed E-state index contributed by atoms with van der Waals surface area (Å²) in [4.78, 5) is 20.3. The first kappa shape index (κ1) is 21.4. The number of guanidine groups is 1. The third kappa shape index (κ3) is 7.13. The van der Waals surface area contributed by atoms with Crippen LogP contribution in [0.15, 0.2) is 4.99 Å². The summed E-state index contributed by atoms with van der Waals surface area (Å²) in [5.41, 5.74) is 0. The Morgan fingerprint density at radius 2 is 2.09 bits per heavy atom. The zero-order valence-corrected chi connectivity index (χ0v) is 16.9. The molecule has 1 fully saturated rings. The molecular weight excluding hydrogens is 393 g/mol. The Balaban J connectivity index is 0.00000441. The van der Waals surface area contributed by atoms with E-state index < -0.39 is 0 Å². The molecule has 1 unspecified atom stereocenters. The van der Waals surface area contributed by atoms with E-state index in [0.29, 0.717) is 6.04 Å². The Kier molecular flexibility index (Phi) is 10.8. The third-order valence-electron chi connectivity index (χ3n) is 3.65. The van der Waals surface area contributed by atoms with Crippen LogP contribution in [0.3, 0.4) is 0 Å². The van der Waals surface area contributed by atoms with Gasteiger partial charge in [0.1, 0.15) is 0 Å². The minimum Gasteiger partial charge on any atom is -0.356 e. The molecule has 1 heterocycles. The highest BCUT2D eigenvalue weighted by molar-refractivity contribution is 14.0. The molecule has 1 aliphatic rings. The summed E-state index contributed by atoms with van der Waals surface area (Å²) in [6, 6.07) is 0.449. The van der Waals surface area contributed by atoms with E-state index in [1.54, 1.807) is 11.9 Å². The summed E-state index contributed by atoms with van der Waals surface area (Å²) >= 11 is 0. The summed E-state index contributed by atoms with van der Waals surface area (Å²) in [5.74, 6) is 1.07. The Hall–Kier alpha value is -0.570. The van der Waals surface area contributed by atoms with Crippen LogP contribution in [-0.2, 0) is 4.79 Å². The lowest BCUT2D eigenvalue weighted by Gasteiger charge is -2.26. The molecule has 6 nitrogen and oxygen atoms in total. The Labute approximate surface area is 152 Å². The second kappa shape index (κ2) is 11.0. The van der Waals surface area contributed by atoms with Crippen LogP contribution in [0.1, 0.15) is 33.1 Å². The van der Waals surface area contributed by atoms with Crippen LogP contribution in [0.4, 0.5) is 0 Å². The summed E-state index contributed by atoms with van der Waals surface area (Å²) in [6.45, 7) is 7.04. The van der Waals surface area contributed by atoms with Crippen molar-refractivity contribution in [2.75, 3.05) is 40.8 Å². The maximum absolute atomic E-state index is 12.1. The second-order valence-corrected chi connectivity index (χ2v) is 6.08. The minimum absolute atomic E-state index is 0. The van der Waals surface area contributed by atoms with E-state index in [1.807, 2.05) is 14.1 Å². The average molecular weight is 425 g/mol. The summed E-state index contributed by atoms with van der Waals surface area (Å²) in [7, 11) is 5.45. The van der Waals surface area contributed by atoms with Crippen molar-refractivity contribution in [1.29, 1.82) is 0 Å². The fraction of sp³-hybridized carbons (Fsp3) is 0.867. The number of amides is 1. The van der Waals surface area contributed by atoms with Gasteiger partial charge in [-0.3, -0.25) is 14.7 Å². The van der Waals surface area contributed by atoms with E-state index in [1.165, 1.54) is 0 Å². The van der Waals surface area contributed by atoms with E-state index in [-0.39, 0.29) is 35.9 Å². The van der Waals surface area contributed by atoms with Crippen molar-refractivity contribution < 1.29 is 4.79 Å². The molecule has 0 radical (unpaired) electrons. The maximum atomic E-state index is 12.1. The van der Waals surface area contributed by atoms with E-state index in [4.69, 9.17) is 0 Å². The molecule has 1 aliphatic heterocycles. The quantitative estimate of drug-likeness (QED) is 0.290. The predicted molar refractivity (Wildman–Crippen MR) is 103 cm³/mol. The van der Waals surface area contributed by atoms with E-state index in [9.17, 15) is 4.79 Å². The lowest BCUT2D eigenvalue weighted by molar-refractivity contribution is -0.133. The van der Waals surface area contributed by atoms with Crippen LogP contribution in [0.5, 0.6) is 0 Å². The average Bonchev–Trinajstić information content (AvgIpc) is 2.88. The van der Waals surface area contributed by atoms with Gasteiger partial charge < -0.3 is 15.5 Å². The first-order valence-electron chi connectivity index (χ1n) is 7.88. The molecule has 0 aliphatic carbocycles. The van der Waals surface area contributed by atoms with Crippen LogP contribution in [0.2, 0.25) is 0 Å². The third-order valence-corrected chi connectivity index (χ3v) is 3.65. The molecule has 1 rings (SSSR count). The van der Waals surface area contributed by atoms with Crippen molar-refractivity contribution in [2.45, 2.75) is 45.2 Å². The normalized spacial score (nSPS) is 19.0. The molecular formula is C15H32IN5O. The SMILES string of the molecule is CN=C(NCCCN1CCCC1C(=O)N(C)C)NC(C)C.I. The first-order chi connectivity index (χ1) is 9.95. The Morgan fingerprint density at radius 1 is 1.41 bits per heavy atom. The van der Waals surface area contributed by atoms with E-state index in [2.05, 4.69) is 34.4 Å². The molecule has 0 bridgehead atoms. The number of rotatable bonds is 6. The van der Waals surface area contributed by atoms with Crippen LogP contribution < -0.4 is 10.6 Å². The van der Waals surface area contributed by atoms with Gasteiger partial charge in [0.25, 0.3) is 0 Å². The monoisotopic (exact) mass is 425 g/mol. The molecule has 1 saturated heterocycles. The lowest BCUT2D eigenvalue weighted by Crippen LogP contribution is -2.44. The summed E-state index contributed by atoms with van der Waals surface area (Å²) in [6.07, 6.45) is 3.12. The molecule has 0 aromatic heterocycles. The molecule has 0 saturated carbocycles. The fourth-order valence-corrected chi connectivity index (χ4v) is 2.63. The number of nitrogens with one attached hydrogen (secondary N) is 2. The molecule has 7 heteroatoms. The minimum atomic E-state index is 0. The number of likely N-dealkylation sites (N-methyl/N-ethyl adjacent to an activating group) is 1. The first-order valence-corrected chi connectivity index (χ1v) is 7.88. The molecule has 0 aromatic carbocycles. The molecule has 1 amide bonds. The smallest absolute Gasteiger partial charge is 0.239 e. The number of likely N-dealkylation sites (tertiary alicyclic amines) is 1. The van der Waals surface area contributed by atoms with Crippen molar-refractivity contribution in [3.63, 3.8) is 0 Å². The van der Waals surface area contributed by atoms with Crippen LogP contribution >= 0.6 is 24.0 Å². The number of carbonyl (C=O) groups is 1. The van der Waals surface area contributed by atoms with Crippen molar-refractivity contribution in [3.05, 3.63) is 0 Å². The zero-order chi connectivity index (χ0) is 15.8. The van der Waals surface area contributed by atoms with Crippen molar-refractivity contribution in [3.8, 4) is 0 Å². The molecule has 22 heavy (non-hydrogen) atoms. The van der Waals surface area contributed by atoms with Crippen LogP contribution in [-0.4, -0.2) is 74.5 Å². The van der Waals surface area contributed by atoms with Gasteiger partial charge in [0.2, 0.25) is 5.91 Å². The van der Waals surface area contributed by atoms with Crippen molar-refractivity contribution >= 4 is 35.8 Å². The van der Waals surface area contributed by atoms with Gasteiger partial charge in [0.15, 0.2) is 5.96 Å². The van der Waals surface area contributed by atoms with Crippen LogP contribution in [0, 0.1) is 0 Å². The van der Waals surface area contributed by atoms with Gasteiger partial charge in [-0.25, -0.2) is 0 Å². The molecule has 1 atom stereocenters. The molecule has 0 aromatic rings. The number of carbonyl (C=O) groups excluding carboxylic acids is 1. The standard InChI is InChI=1S/C15H31N5O.HI/c1-12(2)18-15(16-3)17-9-7-11-20-10-6-8-13(20)14(21)19(4)5;/h12-13H,6-11H2,1-5H3,(H2,16,17,18);1H. The van der Waals surface area contributed by atoms with Gasteiger partial charge >= 0.3 is 0 Å². The fourth-order valence-electron chi connectivity index (χ4n) is 2.63. The molecule has 0 spiro atoms. The Bertz CT molecular complexity index is 360. The lowest BCUT2D eigenvalue weighted by atomic mass is 10.2. The summed E-state index contributed by atoms with van der Waals surface area (Å²) < 4.78 is 0. The largest absolute Gasteiger partial charge is 0.356 e. The van der Waals surface area contributed by atoms with Gasteiger partial charge in [-0.05, 0) is 39.7 Å². The summed E-state index contributed by atoms with van der Waals surface area (Å²) in [5, 5.41) is 6.57. The number of nitrogens with zero attached hydrogens (tertiary/aromatic N) is 3. The number of hydrogen-bond donors (Lipinski definition) is 2. The highest BCUT2D eigenvalue weighted by Gasteiger charge is 2.30. The predicted octanol–water partition coefficient (Wildman–Crippen LogP) is 1.12. The number of halogens is 1. The highest BCUT2D eigenvalue weighted by atomic mass is 127. The van der Waals surface area contributed by atoms with Gasteiger partial charge in [-0.2, -0.15) is 0 Å².